The average Bonchev–Trinajstić information content (AvgIpc) is 3.20. The Hall–Kier alpha value is -2.34. The minimum Gasteiger partial charge on any atom is -0.479 e. The van der Waals surface area contributed by atoms with Crippen molar-refractivity contribution in [2.24, 2.45) is 11.8 Å². The van der Waals surface area contributed by atoms with Gasteiger partial charge in [-0.2, -0.15) is 8.78 Å². The van der Waals surface area contributed by atoms with Crippen LogP contribution in [0.2, 0.25) is 0 Å². The minimum absolute atomic E-state index is 0.288. The third-order valence-corrected chi connectivity index (χ3v) is 4.69. The van der Waals surface area contributed by atoms with Crippen LogP contribution in [0.3, 0.4) is 0 Å². The molecule has 1 heterocycles. The van der Waals surface area contributed by atoms with Gasteiger partial charge in [0.1, 0.15) is 5.75 Å². The van der Waals surface area contributed by atoms with Crippen molar-refractivity contribution in [2.75, 3.05) is 26.2 Å². The summed E-state index contributed by atoms with van der Waals surface area (Å²) in [4.78, 5) is 21.9. The maximum absolute atomic E-state index is 12.5. The van der Waals surface area contributed by atoms with Crippen molar-refractivity contribution in [3.05, 3.63) is 29.8 Å². The molecule has 0 radical (unpaired) electrons. The Morgan fingerprint density at radius 2 is 1.75 bits per heavy atom. The van der Waals surface area contributed by atoms with Crippen molar-refractivity contribution < 1.29 is 43.5 Å². The van der Waals surface area contributed by atoms with Crippen molar-refractivity contribution >= 4 is 11.9 Å². The van der Waals surface area contributed by atoms with E-state index in [1.54, 1.807) is 12.1 Å². The summed E-state index contributed by atoms with van der Waals surface area (Å²) in [6.45, 7) is 6.31. The molecule has 0 amide bonds. The van der Waals surface area contributed by atoms with Crippen molar-refractivity contribution in [1.82, 2.24) is 10.2 Å². The van der Waals surface area contributed by atoms with Crippen LogP contribution in [0.1, 0.15) is 25.8 Å². The zero-order valence-electron chi connectivity index (χ0n) is 18.2. The van der Waals surface area contributed by atoms with Gasteiger partial charge in [-0.15, -0.1) is 0 Å². The van der Waals surface area contributed by atoms with Crippen LogP contribution in [-0.2, 0) is 16.1 Å². The molecule has 32 heavy (non-hydrogen) atoms. The smallest absolute Gasteiger partial charge is 0.387 e. The third-order valence-electron chi connectivity index (χ3n) is 4.69. The first-order valence-corrected chi connectivity index (χ1v) is 10.3. The summed E-state index contributed by atoms with van der Waals surface area (Å²) in [6, 6.07) is 7.09. The highest BCUT2D eigenvalue weighted by molar-refractivity contribution is 5.83. The van der Waals surface area contributed by atoms with Crippen molar-refractivity contribution in [2.45, 2.75) is 45.6 Å². The van der Waals surface area contributed by atoms with Crippen LogP contribution in [0, 0.1) is 11.8 Å². The molecule has 1 aliphatic heterocycles. The molecular formula is C21H32F2N2O7. The lowest BCUT2D eigenvalue weighted by Crippen LogP contribution is -2.39. The number of alkyl halides is 2. The molecule has 3 atom stereocenters. The summed E-state index contributed by atoms with van der Waals surface area (Å²) in [5.74, 6) is -2.07. The molecule has 1 aromatic carbocycles. The molecule has 0 saturated carbocycles. The Labute approximate surface area is 185 Å². The van der Waals surface area contributed by atoms with E-state index < -0.39 is 30.8 Å². The number of aliphatic hydroxyl groups excluding tert-OH is 2. The molecule has 182 valence electrons. The zero-order chi connectivity index (χ0) is 24.3. The van der Waals surface area contributed by atoms with Gasteiger partial charge in [0.05, 0.1) is 0 Å². The number of halogens is 2. The Balaban J connectivity index is 0.000000433. The molecule has 5 N–H and O–H groups in total. The molecule has 2 unspecified atom stereocenters. The normalized spacial score (nSPS) is 17.7. The SMILES string of the molecule is CC(C)CN(Cc1ccccc1OC(F)F)C[C@@H]1CCNC1.O=C(O)C(O)C(O)C(=O)O. The summed E-state index contributed by atoms with van der Waals surface area (Å²) >= 11 is 0. The number of rotatable bonds is 11. The highest BCUT2D eigenvalue weighted by Crippen LogP contribution is 2.23. The van der Waals surface area contributed by atoms with Gasteiger partial charge in [-0.05, 0) is 37.4 Å². The van der Waals surface area contributed by atoms with Gasteiger partial charge in [-0.1, -0.05) is 32.0 Å². The maximum atomic E-state index is 12.5. The van der Waals surface area contributed by atoms with Crippen molar-refractivity contribution in [3.63, 3.8) is 0 Å². The number of hydrogen-bond donors (Lipinski definition) is 5. The van der Waals surface area contributed by atoms with Gasteiger partial charge in [-0.25, -0.2) is 9.59 Å². The number of ether oxygens (including phenoxy) is 1. The zero-order valence-corrected chi connectivity index (χ0v) is 18.2. The summed E-state index contributed by atoms with van der Waals surface area (Å²) in [6.07, 6.45) is -3.35. The molecule has 2 rings (SSSR count). The van der Waals surface area contributed by atoms with Gasteiger partial charge in [0, 0.05) is 25.2 Å². The molecule has 1 aromatic rings. The third kappa shape index (κ3) is 10.3. The topological polar surface area (TPSA) is 140 Å². The van der Waals surface area contributed by atoms with Gasteiger partial charge in [0.2, 0.25) is 0 Å². The number of carboxylic acid groups (broad SMARTS) is 2. The highest BCUT2D eigenvalue weighted by atomic mass is 19.3. The average molecular weight is 462 g/mol. The quantitative estimate of drug-likeness (QED) is 0.328. The lowest BCUT2D eigenvalue weighted by Gasteiger charge is -2.27. The van der Waals surface area contributed by atoms with E-state index in [0.29, 0.717) is 18.4 Å². The van der Waals surface area contributed by atoms with Gasteiger partial charge in [0.15, 0.2) is 12.2 Å². The number of nitrogens with zero attached hydrogens (tertiary/aromatic N) is 1. The molecule has 0 aromatic heterocycles. The Bertz CT molecular complexity index is 697. The fraction of sp³-hybridized carbons (Fsp3) is 0.619. The Morgan fingerprint density at radius 3 is 2.22 bits per heavy atom. The van der Waals surface area contributed by atoms with E-state index >= 15 is 0 Å². The molecule has 9 nitrogen and oxygen atoms in total. The Morgan fingerprint density at radius 1 is 1.16 bits per heavy atom. The second kappa shape index (κ2) is 13.9. The standard InChI is InChI=1S/C17H26F2N2O.C4H6O6/c1-13(2)10-21(11-14-7-8-20-9-14)12-15-5-3-4-6-16(15)22-17(18)19;5-1(3(7)8)2(6)4(9)10/h3-6,13-14,17,20H,7-12H2,1-2H3;1-2,5-6H,(H,7,8)(H,9,10)/t14-;/m1./s1. The van der Waals surface area contributed by atoms with E-state index in [0.717, 1.165) is 31.7 Å². The molecule has 1 saturated heterocycles. The predicted octanol–water partition coefficient (Wildman–Crippen LogP) is 1.23. The monoisotopic (exact) mass is 462 g/mol. The molecule has 0 aliphatic carbocycles. The molecular weight excluding hydrogens is 430 g/mol. The first kappa shape index (κ1) is 27.7. The van der Waals surface area contributed by atoms with E-state index in [1.807, 2.05) is 12.1 Å². The molecule has 0 bridgehead atoms. The number of aliphatic carboxylic acids is 2. The molecule has 11 heteroatoms. The number of benzene rings is 1. The van der Waals surface area contributed by atoms with E-state index in [1.165, 1.54) is 6.42 Å². The number of carboxylic acids is 2. The summed E-state index contributed by atoms with van der Waals surface area (Å²) in [5, 5.41) is 35.9. The van der Waals surface area contributed by atoms with E-state index in [9.17, 15) is 18.4 Å². The number of hydrogen-bond acceptors (Lipinski definition) is 7. The van der Waals surface area contributed by atoms with Crippen LogP contribution >= 0.6 is 0 Å². The van der Waals surface area contributed by atoms with Crippen LogP contribution in [0.4, 0.5) is 8.78 Å². The second-order valence-corrected chi connectivity index (χ2v) is 8.00. The van der Waals surface area contributed by atoms with Crippen LogP contribution in [0.5, 0.6) is 5.75 Å². The van der Waals surface area contributed by atoms with Crippen LogP contribution in [0.15, 0.2) is 24.3 Å². The van der Waals surface area contributed by atoms with E-state index in [4.69, 9.17) is 20.4 Å². The number of para-hydroxylation sites is 1. The first-order chi connectivity index (χ1) is 15.0. The van der Waals surface area contributed by atoms with Crippen LogP contribution < -0.4 is 10.1 Å². The maximum Gasteiger partial charge on any atom is 0.387 e. The first-order valence-electron chi connectivity index (χ1n) is 10.3. The Kier molecular flexibility index (Phi) is 12.1. The molecule has 1 fully saturated rings. The lowest BCUT2D eigenvalue weighted by atomic mass is 10.1. The summed E-state index contributed by atoms with van der Waals surface area (Å²) < 4.78 is 29.7. The van der Waals surface area contributed by atoms with E-state index in [-0.39, 0.29) is 5.75 Å². The number of aliphatic hydroxyl groups is 2. The fourth-order valence-electron chi connectivity index (χ4n) is 3.31. The van der Waals surface area contributed by atoms with E-state index in [2.05, 4.69) is 28.8 Å². The summed E-state index contributed by atoms with van der Waals surface area (Å²) in [7, 11) is 0. The molecule has 0 spiro atoms. The minimum atomic E-state index is -2.78. The fourth-order valence-corrected chi connectivity index (χ4v) is 3.31. The van der Waals surface area contributed by atoms with Gasteiger partial charge < -0.3 is 30.5 Å². The number of carbonyl (C=O) groups is 2. The van der Waals surface area contributed by atoms with Gasteiger partial charge >= 0.3 is 18.6 Å². The van der Waals surface area contributed by atoms with Gasteiger partial charge in [-0.3, -0.25) is 4.90 Å². The van der Waals surface area contributed by atoms with Crippen LogP contribution in [-0.4, -0.2) is 82.3 Å². The summed E-state index contributed by atoms with van der Waals surface area (Å²) in [5.41, 5.74) is 0.828. The van der Waals surface area contributed by atoms with Crippen molar-refractivity contribution in [1.29, 1.82) is 0 Å². The number of nitrogens with one attached hydrogen (secondary N) is 1. The largest absolute Gasteiger partial charge is 0.479 e. The predicted molar refractivity (Wildman–Crippen MR) is 111 cm³/mol. The second-order valence-electron chi connectivity index (χ2n) is 8.00. The van der Waals surface area contributed by atoms with Crippen LogP contribution in [0.25, 0.3) is 0 Å². The van der Waals surface area contributed by atoms with Crippen molar-refractivity contribution in [3.8, 4) is 5.75 Å². The highest BCUT2D eigenvalue weighted by Gasteiger charge is 2.29. The van der Waals surface area contributed by atoms with Gasteiger partial charge in [0.25, 0.3) is 0 Å². The lowest BCUT2D eigenvalue weighted by molar-refractivity contribution is -0.165. The molecule has 1 aliphatic rings.